The summed E-state index contributed by atoms with van der Waals surface area (Å²) >= 11 is 1.59. The summed E-state index contributed by atoms with van der Waals surface area (Å²) in [6, 6.07) is 11.7. The van der Waals surface area contributed by atoms with Crippen LogP contribution in [-0.2, 0) is 11.3 Å². The number of halogens is 1. The highest BCUT2D eigenvalue weighted by molar-refractivity contribution is 7.21. The lowest BCUT2D eigenvalue weighted by Gasteiger charge is -2.08. The predicted molar refractivity (Wildman–Crippen MR) is 94.6 cm³/mol. The first kappa shape index (κ1) is 17.5. The predicted octanol–water partition coefficient (Wildman–Crippen LogP) is 3.19. The van der Waals surface area contributed by atoms with Gasteiger partial charge in [-0.05, 0) is 24.3 Å². The Morgan fingerprint density at radius 2 is 2.13 bits per heavy atom. The van der Waals surface area contributed by atoms with Gasteiger partial charge in [-0.25, -0.2) is 4.98 Å². The lowest BCUT2D eigenvalue weighted by atomic mass is 10.2. The summed E-state index contributed by atoms with van der Waals surface area (Å²) in [5.41, 5.74) is 6.43. The fraction of sp³-hybridized carbons (Fsp3) is 0.250. The van der Waals surface area contributed by atoms with Crippen LogP contribution in [0.3, 0.4) is 0 Å². The van der Waals surface area contributed by atoms with Gasteiger partial charge in [-0.15, -0.1) is 23.7 Å². The number of furan rings is 1. The number of nitrogens with zero attached hydrogens (tertiary/aromatic N) is 1. The van der Waals surface area contributed by atoms with E-state index in [-0.39, 0.29) is 24.2 Å². The average molecular weight is 352 g/mol. The van der Waals surface area contributed by atoms with E-state index in [9.17, 15) is 4.79 Å². The number of fused-ring (bicyclic) bond motifs is 1. The van der Waals surface area contributed by atoms with Crippen LogP contribution in [0.15, 0.2) is 40.8 Å². The van der Waals surface area contributed by atoms with Crippen molar-refractivity contribution in [1.29, 1.82) is 0 Å². The van der Waals surface area contributed by atoms with E-state index in [2.05, 4.69) is 10.3 Å². The number of hydrogen-bond donors (Lipinski definition) is 2. The zero-order valence-corrected chi connectivity index (χ0v) is 14.2. The maximum Gasteiger partial charge on any atom is 0.224 e. The van der Waals surface area contributed by atoms with Crippen molar-refractivity contribution in [2.75, 3.05) is 6.54 Å². The molecule has 122 valence electrons. The maximum absolute atomic E-state index is 11.7. The van der Waals surface area contributed by atoms with Crippen molar-refractivity contribution in [3.63, 3.8) is 0 Å². The molecule has 1 atom stereocenters. The van der Waals surface area contributed by atoms with E-state index in [0.29, 0.717) is 18.8 Å². The number of hydrogen-bond acceptors (Lipinski definition) is 5. The fourth-order valence-electron chi connectivity index (χ4n) is 2.02. The topological polar surface area (TPSA) is 81.2 Å². The Hall–Kier alpha value is -1.89. The monoisotopic (exact) mass is 351 g/mol. The first-order valence-corrected chi connectivity index (χ1v) is 7.91. The van der Waals surface area contributed by atoms with Crippen molar-refractivity contribution >= 4 is 39.9 Å². The summed E-state index contributed by atoms with van der Waals surface area (Å²) in [5, 5.41) is 3.65. The first-order chi connectivity index (χ1) is 10.7. The Kier molecular flexibility index (Phi) is 5.76. The summed E-state index contributed by atoms with van der Waals surface area (Å²) in [4.78, 5) is 16.3. The van der Waals surface area contributed by atoms with Crippen LogP contribution in [0.4, 0.5) is 0 Å². The Balaban J connectivity index is 0.00000192. The first-order valence-electron chi connectivity index (χ1n) is 7.10. The van der Waals surface area contributed by atoms with Crippen molar-refractivity contribution in [1.82, 2.24) is 10.3 Å². The molecule has 0 fully saturated rings. The molecule has 0 radical (unpaired) electrons. The molecule has 0 aliphatic carbocycles. The van der Waals surface area contributed by atoms with Crippen LogP contribution in [0.1, 0.15) is 12.7 Å². The Labute approximate surface area is 144 Å². The van der Waals surface area contributed by atoms with E-state index in [4.69, 9.17) is 10.2 Å². The number of benzene rings is 1. The van der Waals surface area contributed by atoms with Crippen LogP contribution in [0.2, 0.25) is 0 Å². The highest BCUT2D eigenvalue weighted by atomic mass is 35.5. The van der Waals surface area contributed by atoms with Gasteiger partial charge in [-0.1, -0.05) is 19.1 Å². The van der Waals surface area contributed by atoms with Crippen LogP contribution in [-0.4, -0.2) is 17.4 Å². The molecule has 0 bridgehead atoms. The number of rotatable bonds is 5. The molecule has 1 unspecified atom stereocenters. The van der Waals surface area contributed by atoms with E-state index in [1.807, 2.05) is 36.4 Å². The molecular formula is C16H18ClN3O2S. The van der Waals surface area contributed by atoms with Crippen LogP contribution < -0.4 is 11.1 Å². The minimum atomic E-state index is -0.196. The zero-order chi connectivity index (χ0) is 15.5. The van der Waals surface area contributed by atoms with E-state index < -0.39 is 0 Å². The second-order valence-corrected chi connectivity index (χ2v) is 6.14. The van der Waals surface area contributed by atoms with Crippen molar-refractivity contribution in [2.45, 2.75) is 13.5 Å². The maximum atomic E-state index is 11.7. The molecule has 0 spiro atoms. The lowest BCUT2D eigenvalue weighted by molar-refractivity contribution is -0.124. The molecule has 0 saturated carbocycles. The van der Waals surface area contributed by atoms with Crippen molar-refractivity contribution in [2.24, 2.45) is 11.7 Å². The Morgan fingerprint density at radius 1 is 1.35 bits per heavy atom. The van der Waals surface area contributed by atoms with Gasteiger partial charge in [0.15, 0.2) is 10.8 Å². The molecule has 5 nitrogen and oxygen atoms in total. The zero-order valence-electron chi connectivity index (χ0n) is 12.6. The minimum Gasteiger partial charge on any atom is -0.457 e. The number of aromatic nitrogens is 1. The Morgan fingerprint density at radius 3 is 2.87 bits per heavy atom. The summed E-state index contributed by atoms with van der Waals surface area (Å²) in [7, 11) is 0. The highest BCUT2D eigenvalue weighted by Gasteiger charge is 2.13. The number of para-hydroxylation sites is 1. The third-order valence-electron chi connectivity index (χ3n) is 3.40. The summed E-state index contributed by atoms with van der Waals surface area (Å²) in [6.07, 6.45) is 0. The lowest BCUT2D eigenvalue weighted by Crippen LogP contribution is -2.32. The van der Waals surface area contributed by atoms with Gasteiger partial charge in [-0.3, -0.25) is 4.79 Å². The molecule has 0 saturated heterocycles. The Bertz CT molecular complexity index is 766. The number of nitrogens with one attached hydrogen (secondary N) is 1. The molecule has 2 aromatic heterocycles. The van der Waals surface area contributed by atoms with E-state index in [1.165, 1.54) is 0 Å². The number of amides is 1. The standard InChI is InChI=1S/C16H17N3O2S.ClH/c1-10(8-17)15(20)18-9-11-6-7-13(21-11)16-19-12-4-2-3-5-14(12)22-16;/h2-7,10H,8-9,17H2,1H3,(H,18,20);1H. The third-order valence-corrected chi connectivity index (χ3v) is 4.46. The molecule has 3 rings (SSSR count). The van der Waals surface area contributed by atoms with E-state index >= 15 is 0 Å². The number of nitrogens with two attached hydrogens (primary N) is 1. The van der Waals surface area contributed by atoms with Crippen LogP contribution in [0.25, 0.3) is 21.0 Å². The molecule has 3 aromatic rings. The smallest absolute Gasteiger partial charge is 0.224 e. The van der Waals surface area contributed by atoms with Crippen LogP contribution in [0.5, 0.6) is 0 Å². The van der Waals surface area contributed by atoms with Gasteiger partial charge >= 0.3 is 0 Å². The van der Waals surface area contributed by atoms with E-state index in [0.717, 1.165) is 21.0 Å². The second kappa shape index (κ2) is 7.59. The largest absolute Gasteiger partial charge is 0.457 e. The van der Waals surface area contributed by atoms with Crippen LogP contribution in [0, 0.1) is 5.92 Å². The molecule has 0 aliphatic rings. The average Bonchev–Trinajstić information content (AvgIpc) is 3.17. The van der Waals surface area contributed by atoms with Crippen molar-refractivity contribution in [3.05, 3.63) is 42.2 Å². The quantitative estimate of drug-likeness (QED) is 0.739. The van der Waals surface area contributed by atoms with Crippen molar-refractivity contribution in [3.8, 4) is 10.8 Å². The number of thiazole rings is 1. The van der Waals surface area contributed by atoms with Gasteiger partial charge in [0.05, 0.1) is 16.8 Å². The number of carbonyl (C=O) groups excluding carboxylic acids is 1. The molecule has 23 heavy (non-hydrogen) atoms. The molecule has 0 aliphatic heterocycles. The SMILES string of the molecule is CC(CN)C(=O)NCc1ccc(-c2nc3ccccc3s2)o1.Cl. The molecular weight excluding hydrogens is 334 g/mol. The van der Waals surface area contributed by atoms with Gasteiger partial charge in [0.25, 0.3) is 0 Å². The van der Waals surface area contributed by atoms with Crippen LogP contribution >= 0.6 is 23.7 Å². The molecule has 2 heterocycles. The molecule has 1 aromatic carbocycles. The molecule has 1 amide bonds. The van der Waals surface area contributed by atoms with Gasteiger partial charge in [-0.2, -0.15) is 0 Å². The fourth-order valence-corrected chi connectivity index (χ4v) is 2.95. The molecule has 7 heteroatoms. The van der Waals surface area contributed by atoms with E-state index in [1.54, 1.807) is 18.3 Å². The van der Waals surface area contributed by atoms with Gasteiger partial charge in [0, 0.05) is 12.5 Å². The van der Waals surface area contributed by atoms with Gasteiger partial charge in [0.1, 0.15) is 5.76 Å². The highest BCUT2D eigenvalue weighted by Crippen LogP contribution is 2.31. The number of carbonyl (C=O) groups is 1. The van der Waals surface area contributed by atoms with Gasteiger partial charge < -0.3 is 15.5 Å². The summed E-state index contributed by atoms with van der Waals surface area (Å²) in [6.45, 7) is 2.49. The normalized spacial score (nSPS) is 11.9. The molecule has 3 N–H and O–H groups in total. The van der Waals surface area contributed by atoms with Crippen molar-refractivity contribution < 1.29 is 9.21 Å². The summed E-state index contributed by atoms with van der Waals surface area (Å²) < 4.78 is 6.89. The summed E-state index contributed by atoms with van der Waals surface area (Å²) in [5.74, 6) is 1.16. The van der Waals surface area contributed by atoms with Gasteiger partial charge in [0.2, 0.25) is 5.91 Å². The third kappa shape index (κ3) is 3.90. The minimum absolute atomic E-state index is 0. The second-order valence-electron chi connectivity index (χ2n) is 5.11.